The number of carbonyl (C=O) groups excluding carboxylic acids is 1. The summed E-state index contributed by atoms with van der Waals surface area (Å²) in [5.74, 6) is -0.188. The molecule has 0 fully saturated rings. The smallest absolute Gasteiger partial charge is 0.277 e. The molecule has 0 bridgehead atoms. The van der Waals surface area contributed by atoms with E-state index in [-0.39, 0.29) is 17.6 Å². The predicted octanol–water partition coefficient (Wildman–Crippen LogP) is 3.99. The maximum atomic E-state index is 12.7. The molecule has 0 aliphatic heterocycles. The number of non-ortho nitro benzene ring substituents is 1. The summed E-state index contributed by atoms with van der Waals surface area (Å²) in [6.45, 7) is 9.38. The number of fused-ring (bicyclic) bond motifs is 1. The Labute approximate surface area is 154 Å². The average molecular weight is 357 g/mol. The van der Waals surface area contributed by atoms with Crippen LogP contribution < -0.4 is 5.32 Å². The van der Waals surface area contributed by atoms with E-state index in [1.807, 2.05) is 6.92 Å². The molecule has 2 rings (SSSR count). The van der Waals surface area contributed by atoms with Gasteiger partial charge in [-0.15, -0.1) is 0 Å². The molecule has 0 unspecified atom stereocenters. The standard InChI is InChI=1S/C20H27N3O3/c1-4-22(5-2)14-8-9-15(3)21-20(24)18-12-6-11-17-16(18)10-7-13-19(17)23(25)26/h6-7,10-13,15H,4-5,8-9,14H2,1-3H3,(H,21,24)/t15-/m1/s1. The van der Waals surface area contributed by atoms with Crippen LogP contribution in [0.15, 0.2) is 36.4 Å². The molecule has 0 spiro atoms. The van der Waals surface area contributed by atoms with Crippen molar-refractivity contribution in [1.29, 1.82) is 0 Å². The number of rotatable bonds is 9. The number of carbonyl (C=O) groups is 1. The van der Waals surface area contributed by atoms with Crippen LogP contribution in [0.3, 0.4) is 0 Å². The summed E-state index contributed by atoms with van der Waals surface area (Å²) in [7, 11) is 0. The van der Waals surface area contributed by atoms with Gasteiger partial charge in [0.05, 0.1) is 10.3 Å². The van der Waals surface area contributed by atoms with E-state index in [4.69, 9.17) is 0 Å². The van der Waals surface area contributed by atoms with Crippen molar-refractivity contribution in [3.8, 4) is 0 Å². The van der Waals surface area contributed by atoms with Crippen molar-refractivity contribution in [3.05, 3.63) is 52.1 Å². The van der Waals surface area contributed by atoms with Crippen molar-refractivity contribution in [2.75, 3.05) is 19.6 Å². The molecule has 0 saturated carbocycles. The van der Waals surface area contributed by atoms with Gasteiger partial charge in [-0.2, -0.15) is 0 Å². The topological polar surface area (TPSA) is 75.5 Å². The van der Waals surface area contributed by atoms with Crippen LogP contribution in [-0.4, -0.2) is 41.4 Å². The number of nitro benzene ring substituents is 1. The Morgan fingerprint density at radius 3 is 2.46 bits per heavy atom. The lowest BCUT2D eigenvalue weighted by Gasteiger charge is -2.20. The zero-order valence-electron chi connectivity index (χ0n) is 15.7. The third-order valence-electron chi connectivity index (χ3n) is 4.72. The highest BCUT2D eigenvalue weighted by Crippen LogP contribution is 2.27. The molecule has 2 aromatic carbocycles. The van der Waals surface area contributed by atoms with Crippen LogP contribution in [0, 0.1) is 10.1 Å². The molecule has 0 saturated heterocycles. The molecule has 0 aliphatic carbocycles. The number of amides is 1. The van der Waals surface area contributed by atoms with Crippen molar-refractivity contribution in [2.45, 2.75) is 39.7 Å². The fourth-order valence-electron chi connectivity index (χ4n) is 3.19. The number of nitro groups is 1. The normalized spacial score (nSPS) is 12.3. The highest BCUT2D eigenvalue weighted by molar-refractivity contribution is 6.09. The Balaban J connectivity index is 2.08. The Bertz CT molecular complexity index is 772. The monoisotopic (exact) mass is 357 g/mol. The lowest BCUT2D eigenvalue weighted by Crippen LogP contribution is -2.33. The number of nitrogens with zero attached hydrogens (tertiary/aromatic N) is 2. The SMILES string of the molecule is CCN(CC)CCC[C@@H](C)NC(=O)c1cccc2c([N+](=O)[O-])cccc12. The summed E-state index contributed by atoms with van der Waals surface area (Å²) < 4.78 is 0. The van der Waals surface area contributed by atoms with Crippen LogP contribution in [0.2, 0.25) is 0 Å². The van der Waals surface area contributed by atoms with Gasteiger partial charge >= 0.3 is 0 Å². The Hall–Kier alpha value is -2.47. The van der Waals surface area contributed by atoms with E-state index in [1.54, 1.807) is 30.3 Å². The van der Waals surface area contributed by atoms with Crippen LogP contribution in [0.4, 0.5) is 5.69 Å². The fraction of sp³-hybridized carbons (Fsp3) is 0.450. The van der Waals surface area contributed by atoms with Crippen LogP contribution in [0.5, 0.6) is 0 Å². The van der Waals surface area contributed by atoms with Crippen LogP contribution in [0.1, 0.15) is 44.0 Å². The zero-order valence-corrected chi connectivity index (χ0v) is 15.7. The molecule has 6 nitrogen and oxygen atoms in total. The molecule has 1 N–H and O–H groups in total. The Morgan fingerprint density at radius 2 is 1.81 bits per heavy atom. The molecule has 6 heteroatoms. The molecular weight excluding hydrogens is 330 g/mol. The van der Waals surface area contributed by atoms with E-state index < -0.39 is 4.92 Å². The van der Waals surface area contributed by atoms with Crippen molar-refractivity contribution in [1.82, 2.24) is 10.2 Å². The van der Waals surface area contributed by atoms with Gasteiger partial charge in [0.25, 0.3) is 11.6 Å². The summed E-state index contributed by atoms with van der Waals surface area (Å²) in [4.78, 5) is 25.8. The molecule has 2 aromatic rings. The number of nitrogens with one attached hydrogen (secondary N) is 1. The van der Waals surface area contributed by atoms with Crippen LogP contribution >= 0.6 is 0 Å². The molecule has 1 atom stereocenters. The third-order valence-corrected chi connectivity index (χ3v) is 4.72. The van der Waals surface area contributed by atoms with E-state index >= 15 is 0 Å². The molecule has 0 heterocycles. The highest BCUT2D eigenvalue weighted by Gasteiger charge is 2.17. The van der Waals surface area contributed by atoms with E-state index in [0.29, 0.717) is 16.3 Å². The summed E-state index contributed by atoms with van der Waals surface area (Å²) in [5, 5.41) is 15.3. The zero-order chi connectivity index (χ0) is 19.1. The minimum Gasteiger partial charge on any atom is -0.350 e. The molecule has 140 valence electrons. The van der Waals surface area contributed by atoms with Crippen molar-refractivity contribution < 1.29 is 9.72 Å². The molecular formula is C20H27N3O3. The van der Waals surface area contributed by atoms with Gasteiger partial charge in [0.15, 0.2) is 0 Å². The number of benzene rings is 2. The predicted molar refractivity (Wildman–Crippen MR) is 105 cm³/mol. The highest BCUT2D eigenvalue weighted by atomic mass is 16.6. The maximum absolute atomic E-state index is 12.7. The average Bonchev–Trinajstić information content (AvgIpc) is 2.64. The molecule has 0 aromatic heterocycles. The van der Waals surface area contributed by atoms with Gasteiger partial charge in [-0.25, -0.2) is 0 Å². The lowest BCUT2D eigenvalue weighted by atomic mass is 10.0. The minimum atomic E-state index is -0.417. The number of hydrogen-bond acceptors (Lipinski definition) is 4. The second kappa shape index (κ2) is 9.29. The quantitative estimate of drug-likeness (QED) is 0.544. The first-order chi connectivity index (χ1) is 12.5. The fourth-order valence-corrected chi connectivity index (χ4v) is 3.19. The first kappa shape index (κ1) is 19.8. The van der Waals surface area contributed by atoms with E-state index in [9.17, 15) is 14.9 Å². The molecule has 0 aliphatic rings. The summed E-state index contributed by atoms with van der Waals surface area (Å²) in [5.41, 5.74) is 0.492. The van der Waals surface area contributed by atoms with E-state index in [2.05, 4.69) is 24.1 Å². The van der Waals surface area contributed by atoms with Gasteiger partial charge in [-0.3, -0.25) is 14.9 Å². The van der Waals surface area contributed by atoms with E-state index in [1.165, 1.54) is 6.07 Å². The van der Waals surface area contributed by atoms with Crippen molar-refractivity contribution in [3.63, 3.8) is 0 Å². The van der Waals surface area contributed by atoms with Gasteiger partial charge < -0.3 is 10.2 Å². The van der Waals surface area contributed by atoms with Crippen molar-refractivity contribution in [2.24, 2.45) is 0 Å². The van der Waals surface area contributed by atoms with Gasteiger partial charge in [0.1, 0.15) is 0 Å². The molecule has 26 heavy (non-hydrogen) atoms. The van der Waals surface area contributed by atoms with Gasteiger partial charge in [-0.1, -0.05) is 32.0 Å². The largest absolute Gasteiger partial charge is 0.350 e. The summed E-state index contributed by atoms with van der Waals surface area (Å²) in [6, 6.07) is 9.95. The van der Waals surface area contributed by atoms with Gasteiger partial charge in [0, 0.05) is 23.1 Å². The summed E-state index contributed by atoms with van der Waals surface area (Å²) in [6.07, 6.45) is 1.91. The first-order valence-electron chi connectivity index (χ1n) is 9.17. The second-order valence-corrected chi connectivity index (χ2v) is 6.48. The Morgan fingerprint density at radius 1 is 1.15 bits per heavy atom. The maximum Gasteiger partial charge on any atom is 0.277 e. The number of hydrogen-bond donors (Lipinski definition) is 1. The minimum absolute atomic E-state index is 0.0180. The third kappa shape index (κ3) is 4.79. The lowest BCUT2D eigenvalue weighted by molar-refractivity contribution is -0.383. The van der Waals surface area contributed by atoms with Crippen LogP contribution in [-0.2, 0) is 0 Å². The van der Waals surface area contributed by atoms with Gasteiger partial charge in [-0.05, 0) is 51.5 Å². The first-order valence-corrected chi connectivity index (χ1v) is 9.17. The second-order valence-electron chi connectivity index (χ2n) is 6.48. The van der Waals surface area contributed by atoms with Crippen LogP contribution in [0.25, 0.3) is 10.8 Å². The summed E-state index contributed by atoms with van der Waals surface area (Å²) >= 11 is 0. The molecule has 1 amide bonds. The van der Waals surface area contributed by atoms with Crippen molar-refractivity contribution >= 4 is 22.4 Å². The van der Waals surface area contributed by atoms with E-state index in [0.717, 1.165) is 32.5 Å². The van der Waals surface area contributed by atoms with Gasteiger partial charge in [0.2, 0.25) is 0 Å². The Kier molecular flexibility index (Phi) is 7.09. The molecule has 0 radical (unpaired) electrons.